The standard InChI is InChI=1S/C19H12N4O2/c24-19(16-6-3-9-25-16)20-11-7-8-13-12(10-11)17-18(22-13)23-15-5-2-1-4-14(15)21-17/h1-10H,(H,20,24)(H,22,23). The number of benzene rings is 2. The fraction of sp³-hybridized carbons (Fsp3) is 0. The molecular formula is C19H12N4O2. The molecule has 0 saturated heterocycles. The van der Waals surface area contributed by atoms with Crippen molar-refractivity contribution < 1.29 is 9.21 Å². The lowest BCUT2D eigenvalue weighted by atomic mass is 10.2. The summed E-state index contributed by atoms with van der Waals surface area (Å²) in [5, 5.41) is 3.74. The molecule has 0 aliphatic heterocycles. The molecule has 1 amide bonds. The van der Waals surface area contributed by atoms with Crippen LogP contribution in [0.4, 0.5) is 5.69 Å². The van der Waals surface area contributed by atoms with Crippen molar-refractivity contribution in [2.45, 2.75) is 0 Å². The third kappa shape index (κ3) is 2.23. The Morgan fingerprint density at radius 2 is 1.84 bits per heavy atom. The van der Waals surface area contributed by atoms with Gasteiger partial charge in [-0.05, 0) is 42.5 Å². The third-order valence-electron chi connectivity index (χ3n) is 4.10. The van der Waals surface area contributed by atoms with Gasteiger partial charge >= 0.3 is 0 Å². The zero-order valence-electron chi connectivity index (χ0n) is 13.0. The van der Waals surface area contributed by atoms with E-state index in [1.165, 1.54) is 6.26 Å². The van der Waals surface area contributed by atoms with Crippen LogP contribution in [0, 0.1) is 0 Å². The van der Waals surface area contributed by atoms with Crippen LogP contribution in [0.5, 0.6) is 0 Å². The van der Waals surface area contributed by atoms with E-state index in [9.17, 15) is 4.79 Å². The summed E-state index contributed by atoms with van der Waals surface area (Å²) in [6.45, 7) is 0. The van der Waals surface area contributed by atoms with E-state index in [2.05, 4.69) is 15.3 Å². The molecule has 0 aliphatic carbocycles. The van der Waals surface area contributed by atoms with Crippen LogP contribution in [0.3, 0.4) is 0 Å². The summed E-state index contributed by atoms with van der Waals surface area (Å²) in [4.78, 5) is 24.8. The summed E-state index contributed by atoms with van der Waals surface area (Å²) in [6, 6.07) is 16.7. The Hall–Kier alpha value is -3.67. The van der Waals surface area contributed by atoms with E-state index in [1.807, 2.05) is 42.5 Å². The minimum atomic E-state index is -0.291. The quantitative estimate of drug-likeness (QED) is 0.511. The van der Waals surface area contributed by atoms with Gasteiger partial charge in [0.15, 0.2) is 11.4 Å². The fourth-order valence-corrected chi connectivity index (χ4v) is 2.93. The van der Waals surface area contributed by atoms with Crippen LogP contribution in [-0.2, 0) is 0 Å². The highest BCUT2D eigenvalue weighted by atomic mass is 16.3. The van der Waals surface area contributed by atoms with Gasteiger partial charge in [0.2, 0.25) is 0 Å². The highest BCUT2D eigenvalue weighted by Gasteiger charge is 2.12. The van der Waals surface area contributed by atoms with Crippen molar-refractivity contribution in [3.8, 4) is 0 Å². The van der Waals surface area contributed by atoms with Gasteiger partial charge in [0.1, 0.15) is 5.52 Å². The number of H-pyrrole nitrogens is 1. The number of aromatic nitrogens is 3. The van der Waals surface area contributed by atoms with Crippen molar-refractivity contribution in [3.05, 3.63) is 66.6 Å². The number of anilines is 1. The van der Waals surface area contributed by atoms with Gasteiger partial charge in [-0.1, -0.05) is 12.1 Å². The molecule has 120 valence electrons. The molecule has 0 spiro atoms. The maximum Gasteiger partial charge on any atom is 0.291 e. The van der Waals surface area contributed by atoms with Crippen molar-refractivity contribution >= 4 is 44.7 Å². The third-order valence-corrected chi connectivity index (χ3v) is 4.10. The molecule has 0 aliphatic rings. The minimum Gasteiger partial charge on any atom is -0.459 e. The summed E-state index contributed by atoms with van der Waals surface area (Å²) in [5.41, 5.74) is 4.77. The summed E-state index contributed by atoms with van der Waals surface area (Å²) >= 11 is 0. The number of aromatic amines is 1. The second kappa shape index (κ2) is 5.17. The lowest BCUT2D eigenvalue weighted by Crippen LogP contribution is -2.10. The van der Waals surface area contributed by atoms with Gasteiger partial charge in [-0.25, -0.2) is 9.97 Å². The summed E-state index contributed by atoms with van der Waals surface area (Å²) in [6.07, 6.45) is 1.47. The number of amides is 1. The predicted octanol–water partition coefficient (Wildman–Crippen LogP) is 4.11. The number of nitrogens with zero attached hydrogens (tertiary/aromatic N) is 2. The molecule has 2 aromatic carbocycles. The maximum atomic E-state index is 12.1. The average Bonchev–Trinajstić information content (AvgIpc) is 3.27. The number of para-hydroxylation sites is 2. The van der Waals surface area contributed by atoms with Crippen molar-refractivity contribution in [2.75, 3.05) is 5.32 Å². The van der Waals surface area contributed by atoms with E-state index >= 15 is 0 Å². The fourth-order valence-electron chi connectivity index (χ4n) is 2.93. The number of fused-ring (bicyclic) bond motifs is 4. The monoisotopic (exact) mass is 328 g/mol. The molecule has 0 radical (unpaired) electrons. The summed E-state index contributed by atoms with van der Waals surface area (Å²) in [7, 11) is 0. The molecule has 3 heterocycles. The van der Waals surface area contributed by atoms with Gasteiger partial charge in [-0.2, -0.15) is 0 Å². The molecule has 6 nitrogen and oxygen atoms in total. The Kier molecular flexibility index (Phi) is 2.84. The topological polar surface area (TPSA) is 83.8 Å². The van der Waals surface area contributed by atoms with E-state index in [-0.39, 0.29) is 11.7 Å². The molecule has 2 N–H and O–H groups in total. The van der Waals surface area contributed by atoms with Crippen molar-refractivity contribution in [3.63, 3.8) is 0 Å². The first-order valence-electron chi connectivity index (χ1n) is 7.81. The van der Waals surface area contributed by atoms with Crippen LogP contribution < -0.4 is 5.32 Å². The lowest BCUT2D eigenvalue weighted by molar-refractivity contribution is 0.0996. The molecule has 0 unspecified atom stereocenters. The maximum absolute atomic E-state index is 12.1. The van der Waals surface area contributed by atoms with Gasteiger partial charge in [0.05, 0.1) is 17.3 Å². The predicted molar refractivity (Wildman–Crippen MR) is 95.6 cm³/mol. The van der Waals surface area contributed by atoms with E-state index in [0.29, 0.717) is 5.69 Å². The lowest BCUT2D eigenvalue weighted by Gasteiger charge is -2.03. The molecule has 0 saturated carbocycles. The van der Waals surface area contributed by atoms with Gasteiger partial charge in [-0.3, -0.25) is 4.79 Å². The summed E-state index contributed by atoms with van der Waals surface area (Å²) < 4.78 is 5.12. The molecule has 25 heavy (non-hydrogen) atoms. The first-order valence-corrected chi connectivity index (χ1v) is 7.81. The molecule has 0 atom stereocenters. The van der Waals surface area contributed by atoms with Crippen LogP contribution in [0.25, 0.3) is 33.1 Å². The Bertz CT molecular complexity index is 1240. The van der Waals surface area contributed by atoms with Crippen LogP contribution in [-0.4, -0.2) is 20.9 Å². The van der Waals surface area contributed by atoms with E-state index in [4.69, 9.17) is 9.40 Å². The number of rotatable bonds is 2. The Labute approximate surface area is 141 Å². The SMILES string of the molecule is O=C(Nc1ccc2[nH]c3nc4ccccc4nc3c2c1)c1ccco1. The summed E-state index contributed by atoms with van der Waals surface area (Å²) in [5.74, 6) is -0.0227. The van der Waals surface area contributed by atoms with Gasteiger partial charge < -0.3 is 14.7 Å². The Balaban J connectivity index is 1.64. The van der Waals surface area contributed by atoms with Crippen LogP contribution in [0.2, 0.25) is 0 Å². The first-order chi connectivity index (χ1) is 12.3. The number of furan rings is 1. The molecule has 0 bridgehead atoms. The normalized spacial score (nSPS) is 11.4. The zero-order valence-corrected chi connectivity index (χ0v) is 13.0. The average molecular weight is 328 g/mol. The van der Waals surface area contributed by atoms with E-state index < -0.39 is 0 Å². The van der Waals surface area contributed by atoms with Gasteiger partial charge in [0, 0.05) is 16.6 Å². The second-order valence-electron chi connectivity index (χ2n) is 5.73. The smallest absolute Gasteiger partial charge is 0.291 e. The molecule has 0 fully saturated rings. The molecule has 5 aromatic rings. The van der Waals surface area contributed by atoms with Gasteiger partial charge in [0.25, 0.3) is 5.91 Å². The van der Waals surface area contributed by atoms with Gasteiger partial charge in [-0.15, -0.1) is 0 Å². The molecule has 3 aromatic heterocycles. The number of hydrogen-bond acceptors (Lipinski definition) is 4. The number of carbonyl (C=O) groups excluding carboxylic acids is 1. The minimum absolute atomic E-state index is 0.268. The highest BCUT2D eigenvalue weighted by Crippen LogP contribution is 2.27. The largest absolute Gasteiger partial charge is 0.459 e. The Morgan fingerprint density at radius 3 is 2.64 bits per heavy atom. The second-order valence-corrected chi connectivity index (χ2v) is 5.73. The first kappa shape index (κ1) is 13.7. The molecule has 6 heteroatoms. The number of carbonyl (C=O) groups is 1. The number of nitrogens with one attached hydrogen (secondary N) is 2. The van der Waals surface area contributed by atoms with Crippen molar-refractivity contribution in [2.24, 2.45) is 0 Å². The zero-order chi connectivity index (χ0) is 16.8. The van der Waals surface area contributed by atoms with Crippen molar-refractivity contribution in [1.82, 2.24) is 15.0 Å². The van der Waals surface area contributed by atoms with Crippen LogP contribution >= 0.6 is 0 Å². The van der Waals surface area contributed by atoms with Crippen molar-refractivity contribution in [1.29, 1.82) is 0 Å². The molecule has 5 rings (SSSR count). The van der Waals surface area contributed by atoms with E-state index in [0.717, 1.165) is 33.1 Å². The van der Waals surface area contributed by atoms with Crippen LogP contribution in [0.15, 0.2) is 65.3 Å². The van der Waals surface area contributed by atoms with E-state index in [1.54, 1.807) is 12.1 Å². The number of hydrogen-bond donors (Lipinski definition) is 2. The molecular weight excluding hydrogens is 316 g/mol. The Morgan fingerprint density at radius 1 is 1.00 bits per heavy atom. The van der Waals surface area contributed by atoms with Crippen LogP contribution in [0.1, 0.15) is 10.6 Å². The highest BCUT2D eigenvalue weighted by molar-refractivity contribution is 6.09.